The Hall–Kier alpha value is -3.27. The molecule has 1 fully saturated rings. The highest BCUT2D eigenvalue weighted by Crippen LogP contribution is 2.34. The van der Waals surface area contributed by atoms with Crippen molar-refractivity contribution in [1.29, 1.82) is 0 Å². The first-order valence-corrected chi connectivity index (χ1v) is 15.2. The van der Waals surface area contributed by atoms with E-state index in [1.54, 1.807) is 17.0 Å². The molecular formula is C29H29N3O4S2. The van der Waals surface area contributed by atoms with E-state index in [1.807, 2.05) is 49.4 Å². The van der Waals surface area contributed by atoms with Crippen LogP contribution in [0.25, 0.3) is 10.2 Å². The maximum absolute atomic E-state index is 13.8. The van der Waals surface area contributed by atoms with Crippen LogP contribution in [0.4, 0.5) is 10.8 Å². The number of ether oxygens (including phenoxy) is 1. The maximum atomic E-state index is 13.8. The van der Waals surface area contributed by atoms with E-state index in [9.17, 15) is 13.2 Å². The molecule has 1 aromatic heterocycles. The summed E-state index contributed by atoms with van der Waals surface area (Å²) >= 11 is 1.48. The molecule has 38 heavy (non-hydrogen) atoms. The number of rotatable bonds is 6. The summed E-state index contributed by atoms with van der Waals surface area (Å²) in [5, 5.41) is 0.622. The van der Waals surface area contributed by atoms with Crippen LogP contribution in [0.3, 0.4) is 0 Å². The lowest BCUT2D eigenvalue weighted by atomic mass is 10.0. The third-order valence-corrected chi connectivity index (χ3v) is 10.1. The van der Waals surface area contributed by atoms with Gasteiger partial charge in [0.2, 0.25) is 0 Å². The second-order valence-electron chi connectivity index (χ2n) is 9.80. The average molecular weight is 548 g/mol. The summed E-state index contributed by atoms with van der Waals surface area (Å²) in [7, 11) is -3.75. The summed E-state index contributed by atoms with van der Waals surface area (Å²) in [4.78, 5) is 20.5. The van der Waals surface area contributed by atoms with Crippen molar-refractivity contribution in [2.24, 2.45) is 0 Å². The van der Waals surface area contributed by atoms with Gasteiger partial charge in [0.15, 0.2) is 5.13 Å². The third kappa shape index (κ3) is 4.59. The number of fused-ring (bicyclic) bond motifs is 2. The molecule has 3 aromatic carbocycles. The van der Waals surface area contributed by atoms with Gasteiger partial charge in [-0.05, 0) is 80.1 Å². The molecule has 3 heterocycles. The highest BCUT2D eigenvalue weighted by Gasteiger charge is 2.30. The second-order valence-corrected chi connectivity index (χ2v) is 12.7. The summed E-state index contributed by atoms with van der Waals surface area (Å²) < 4.78 is 35.5. The van der Waals surface area contributed by atoms with Gasteiger partial charge < -0.3 is 4.74 Å². The Morgan fingerprint density at radius 2 is 1.89 bits per heavy atom. The first-order chi connectivity index (χ1) is 18.4. The first kappa shape index (κ1) is 25.0. The summed E-state index contributed by atoms with van der Waals surface area (Å²) in [6.07, 6.45) is 3.44. The molecule has 1 saturated heterocycles. The van der Waals surface area contributed by atoms with E-state index in [0.717, 1.165) is 52.7 Å². The van der Waals surface area contributed by atoms with Crippen molar-refractivity contribution in [2.45, 2.75) is 43.6 Å². The molecule has 0 saturated carbocycles. The number of carbonyl (C=O) groups excluding carboxylic acids is 1. The zero-order valence-corrected chi connectivity index (χ0v) is 22.8. The van der Waals surface area contributed by atoms with E-state index in [0.29, 0.717) is 30.4 Å². The van der Waals surface area contributed by atoms with Crippen molar-refractivity contribution < 1.29 is 17.9 Å². The van der Waals surface area contributed by atoms with E-state index < -0.39 is 10.0 Å². The second kappa shape index (κ2) is 10.1. The fourth-order valence-electron chi connectivity index (χ4n) is 5.23. The molecule has 1 unspecified atom stereocenters. The number of hydrogen-bond acceptors (Lipinski definition) is 6. The molecule has 0 radical (unpaired) electrons. The van der Waals surface area contributed by atoms with Crippen LogP contribution in [0.1, 0.15) is 40.7 Å². The van der Waals surface area contributed by atoms with Crippen LogP contribution >= 0.6 is 11.3 Å². The predicted octanol–water partition coefficient (Wildman–Crippen LogP) is 5.57. The molecule has 0 bridgehead atoms. The molecule has 2 aliphatic rings. The number of sulfonamides is 1. The summed E-state index contributed by atoms with van der Waals surface area (Å²) in [6, 6.07) is 19.9. The Labute approximate surface area is 226 Å². The molecule has 196 valence electrons. The summed E-state index contributed by atoms with van der Waals surface area (Å²) in [6.45, 7) is 3.55. The van der Waals surface area contributed by atoms with Crippen LogP contribution in [-0.2, 0) is 21.2 Å². The van der Waals surface area contributed by atoms with Crippen molar-refractivity contribution >= 4 is 48.3 Å². The molecule has 0 aliphatic carbocycles. The molecule has 2 aliphatic heterocycles. The fraction of sp³-hybridized carbons (Fsp3) is 0.310. The number of aromatic nitrogens is 1. The SMILES string of the molecule is Cc1cccc2sc(N(CC3CCCO3)C(=O)c3ccc(S(=O)(=O)N4CCCc5ccccc54)cc3)nc12. The number of thiazole rings is 1. The Morgan fingerprint density at radius 3 is 2.66 bits per heavy atom. The predicted molar refractivity (Wildman–Crippen MR) is 151 cm³/mol. The van der Waals surface area contributed by atoms with Gasteiger partial charge in [-0.1, -0.05) is 41.7 Å². The van der Waals surface area contributed by atoms with Crippen LogP contribution in [-0.4, -0.2) is 45.1 Å². The van der Waals surface area contributed by atoms with Crippen molar-refractivity contribution in [3.05, 3.63) is 83.4 Å². The minimum atomic E-state index is -3.75. The highest BCUT2D eigenvalue weighted by molar-refractivity contribution is 7.92. The molecule has 1 atom stereocenters. The highest BCUT2D eigenvalue weighted by atomic mass is 32.2. The van der Waals surface area contributed by atoms with Crippen LogP contribution in [0.15, 0.2) is 71.6 Å². The van der Waals surface area contributed by atoms with Gasteiger partial charge in [-0.15, -0.1) is 0 Å². The normalized spacial score (nSPS) is 17.5. The number of anilines is 2. The molecular weight excluding hydrogens is 518 g/mol. The van der Waals surface area contributed by atoms with Gasteiger partial charge in [0.25, 0.3) is 15.9 Å². The van der Waals surface area contributed by atoms with E-state index in [1.165, 1.54) is 27.8 Å². The van der Waals surface area contributed by atoms with Crippen molar-refractivity contribution in [3.8, 4) is 0 Å². The molecule has 0 N–H and O–H groups in total. The van der Waals surface area contributed by atoms with Gasteiger partial charge in [0.05, 0.1) is 33.4 Å². The number of aryl methyl sites for hydroxylation is 2. The molecule has 0 spiro atoms. The van der Waals surface area contributed by atoms with Crippen LogP contribution in [0.2, 0.25) is 0 Å². The van der Waals surface area contributed by atoms with Gasteiger partial charge in [-0.25, -0.2) is 13.4 Å². The van der Waals surface area contributed by atoms with Crippen LogP contribution in [0.5, 0.6) is 0 Å². The Morgan fingerprint density at radius 1 is 1.08 bits per heavy atom. The minimum Gasteiger partial charge on any atom is -0.376 e. The van der Waals surface area contributed by atoms with Gasteiger partial charge in [-0.3, -0.25) is 14.0 Å². The van der Waals surface area contributed by atoms with E-state index >= 15 is 0 Å². The molecule has 1 amide bonds. The van der Waals surface area contributed by atoms with E-state index in [2.05, 4.69) is 0 Å². The van der Waals surface area contributed by atoms with Gasteiger partial charge >= 0.3 is 0 Å². The van der Waals surface area contributed by atoms with Gasteiger partial charge in [0, 0.05) is 18.7 Å². The number of nitrogens with zero attached hydrogens (tertiary/aromatic N) is 3. The Bertz CT molecular complexity index is 1590. The zero-order chi connectivity index (χ0) is 26.3. The van der Waals surface area contributed by atoms with E-state index in [-0.39, 0.29) is 16.9 Å². The van der Waals surface area contributed by atoms with Gasteiger partial charge in [0.1, 0.15) is 0 Å². The van der Waals surface area contributed by atoms with Crippen molar-refractivity contribution in [1.82, 2.24) is 4.98 Å². The molecule has 6 rings (SSSR count). The smallest absolute Gasteiger partial charge is 0.264 e. The number of amides is 1. The Balaban J connectivity index is 1.31. The van der Waals surface area contributed by atoms with Crippen molar-refractivity contribution in [2.75, 3.05) is 28.9 Å². The molecule has 7 nitrogen and oxygen atoms in total. The summed E-state index contributed by atoms with van der Waals surface area (Å²) in [5.41, 5.74) is 4.12. The monoisotopic (exact) mass is 547 g/mol. The topological polar surface area (TPSA) is 79.8 Å². The quantitative estimate of drug-likeness (QED) is 0.315. The van der Waals surface area contributed by atoms with Crippen LogP contribution < -0.4 is 9.21 Å². The number of carbonyl (C=O) groups is 1. The Kier molecular flexibility index (Phi) is 6.67. The number of para-hydroxylation sites is 2. The lowest BCUT2D eigenvalue weighted by molar-refractivity contribution is 0.0917. The largest absolute Gasteiger partial charge is 0.376 e. The van der Waals surface area contributed by atoms with Gasteiger partial charge in [-0.2, -0.15) is 0 Å². The third-order valence-electron chi connectivity index (χ3n) is 7.25. The average Bonchev–Trinajstić information content (AvgIpc) is 3.62. The lowest BCUT2D eigenvalue weighted by Gasteiger charge is -2.30. The minimum absolute atomic E-state index is 0.0501. The standard InChI is InChI=1S/C29H29N3O4S2/c1-20-7-4-12-26-27(20)30-29(37-26)31(19-23-10-6-18-36-23)28(33)22-13-15-24(16-14-22)38(34,35)32-17-5-9-21-8-2-3-11-25(21)32/h2-4,7-8,11-16,23H,5-6,9-10,17-19H2,1H3. The van der Waals surface area contributed by atoms with E-state index in [4.69, 9.17) is 9.72 Å². The fourth-order valence-corrected chi connectivity index (χ4v) is 7.82. The number of hydrogen-bond donors (Lipinski definition) is 0. The maximum Gasteiger partial charge on any atom is 0.264 e. The number of benzene rings is 3. The zero-order valence-electron chi connectivity index (χ0n) is 21.2. The van der Waals surface area contributed by atoms with Crippen molar-refractivity contribution in [3.63, 3.8) is 0 Å². The van der Waals surface area contributed by atoms with Crippen LogP contribution in [0, 0.1) is 6.92 Å². The summed E-state index contributed by atoms with van der Waals surface area (Å²) in [5.74, 6) is -0.218. The molecule has 4 aromatic rings. The lowest BCUT2D eigenvalue weighted by Crippen LogP contribution is -2.37. The first-order valence-electron chi connectivity index (χ1n) is 12.9. The molecule has 9 heteroatoms.